The molecule has 2 rings (SSSR count). The summed E-state index contributed by atoms with van der Waals surface area (Å²) in [7, 11) is 0. The second-order valence-electron chi connectivity index (χ2n) is 8.53. The zero-order chi connectivity index (χ0) is 20.4. The molecule has 1 fully saturated rings. The van der Waals surface area contributed by atoms with Gasteiger partial charge in [0.2, 0.25) is 5.91 Å². The highest BCUT2D eigenvalue weighted by Gasteiger charge is 2.49. The smallest absolute Gasteiger partial charge is 0.313 e. The number of amides is 2. The zero-order valence-electron chi connectivity index (χ0n) is 16.8. The predicted molar refractivity (Wildman–Crippen MR) is 103 cm³/mol. The third-order valence-corrected chi connectivity index (χ3v) is 4.90. The molecule has 0 bridgehead atoms. The Morgan fingerprint density at radius 2 is 1.81 bits per heavy atom. The number of esters is 1. The van der Waals surface area contributed by atoms with Crippen LogP contribution in [0, 0.1) is 11.3 Å². The molecule has 6 nitrogen and oxygen atoms in total. The van der Waals surface area contributed by atoms with Crippen LogP contribution in [0.1, 0.15) is 51.7 Å². The van der Waals surface area contributed by atoms with E-state index in [9.17, 15) is 14.4 Å². The van der Waals surface area contributed by atoms with Crippen molar-refractivity contribution >= 4 is 17.8 Å². The summed E-state index contributed by atoms with van der Waals surface area (Å²) in [5.74, 6) is -1.31. The highest BCUT2D eigenvalue weighted by Crippen LogP contribution is 2.34. The minimum atomic E-state index is -0.910. The summed E-state index contributed by atoms with van der Waals surface area (Å²) >= 11 is 0. The van der Waals surface area contributed by atoms with Crippen molar-refractivity contribution in [2.45, 2.75) is 53.1 Å². The molecular formula is C21H30N2O4. The lowest BCUT2D eigenvalue weighted by Gasteiger charge is -2.25. The van der Waals surface area contributed by atoms with Crippen molar-refractivity contribution in [2.75, 3.05) is 13.1 Å². The Morgan fingerprint density at radius 3 is 2.33 bits per heavy atom. The van der Waals surface area contributed by atoms with E-state index in [4.69, 9.17) is 10.5 Å². The number of nitrogens with two attached hydrogens (primary N) is 1. The van der Waals surface area contributed by atoms with Crippen molar-refractivity contribution < 1.29 is 19.1 Å². The number of carbonyl (C=O) groups excluding carboxylic acids is 3. The summed E-state index contributed by atoms with van der Waals surface area (Å²) in [6.45, 7) is 9.94. The summed E-state index contributed by atoms with van der Waals surface area (Å²) in [6, 6.07) is 7.92. The number of nitrogens with zero attached hydrogens (tertiary/aromatic N) is 1. The van der Waals surface area contributed by atoms with E-state index in [0.29, 0.717) is 12.5 Å². The highest BCUT2D eigenvalue weighted by molar-refractivity contribution is 5.91. The van der Waals surface area contributed by atoms with E-state index in [1.165, 1.54) is 10.5 Å². The largest absolute Gasteiger partial charge is 0.451 e. The molecule has 1 aliphatic heterocycles. The first kappa shape index (κ1) is 20.9. The molecule has 0 aromatic heterocycles. The first-order valence-corrected chi connectivity index (χ1v) is 9.37. The molecule has 6 heteroatoms. The number of carbonyl (C=O) groups is 3. The van der Waals surface area contributed by atoms with E-state index < -0.39 is 29.3 Å². The van der Waals surface area contributed by atoms with Crippen LogP contribution in [0.25, 0.3) is 0 Å². The van der Waals surface area contributed by atoms with Gasteiger partial charge in [-0.25, -0.2) is 0 Å². The number of hydrogen-bond donors (Lipinski definition) is 1. The fraction of sp³-hybridized carbons (Fsp3) is 0.571. The standard InChI is InChI=1S/C21H30N2O4/c1-13(2)10-15-6-8-16(9-7-15)14(3)20(26)27-18-19(25)23(11-17(22)24)12-21(18,4)5/h6-9,13-14,18H,10-12H2,1-5H3,(H2,22,24)/t14-,18+/m0/s1. The lowest BCUT2D eigenvalue weighted by molar-refractivity contribution is -0.161. The average Bonchev–Trinajstić information content (AvgIpc) is 2.76. The second kappa shape index (κ2) is 8.11. The Morgan fingerprint density at radius 1 is 1.22 bits per heavy atom. The summed E-state index contributed by atoms with van der Waals surface area (Å²) in [5, 5.41) is 0. The number of hydrogen-bond acceptors (Lipinski definition) is 4. The molecule has 0 radical (unpaired) electrons. The van der Waals surface area contributed by atoms with Crippen LogP contribution in [0.4, 0.5) is 0 Å². The Kier molecular flexibility index (Phi) is 6.29. The van der Waals surface area contributed by atoms with Gasteiger partial charge in [-0.3, -0.25) is 14.4 Å². The predicted octanol–water partition coefficient (Wildman–Crippen LogP) is 2.25. The SMILES string of the molecule is CC(C)Cc1ccc([C@H](C)C(=O)O[C@@H]2C(=O)N(CC(N)=O)CC2(C)C)cc1. The van der Waals surface area contributed by atoms with Crippen molar-refractivity contribution in [1.29, 1.82) is 0 Å². The maximum atomic E-state index is 12.6. The summed E-state index contributed by atoms with van der Waals surface area (Å²) in [5.41, 5.74) is 6.69. The minimum Gasteiger partial charge on any atom is -0.451 e. The third-order valence-electron chi connectivity index (χ3n) is 4.90. The average molecular weight is 374 g/mol. The van der Waals surface area contributed by atoms with Crippen LogP contribution in [0.15, 0.2) is 24.3 Å². The molecule has 1 aliphatic rings. The lowest BCUT2D eigenvalue weighted by atomic mass is 9.89. The normalized spacial score (nSPS) is 20.0. The Balaban J connectivity index is 2.06. The molecule has 2 atom stereocenters. The van der Waals surface area contributed by atoms with Gasteiger partial charge in [0.15, 0.2) is 6.10 Å². The van der Waals surface area contributed by atoms with Gasteiger partial charge in [-0.15, -0.1) is 0 Å². The van der Waals surface area contributed by atoms with E-state index in [0.717, 1.165) is 12.0 Å². The molecule has 0 saturated carbocycles. The van der Waals surface area contributed by atoms with Crippen molar-refractivity contribution in [3.05, 3.63) is 35.4 Å². The molecule has 1 saturated heterocycles. The molecule has 27 heavy (non-hydrogen) atoms. The van der Waals surface area contributed by atoms with Crippen molar-refractivity contribution in [2.24, 2.45) is 17.1 Å². The molecule has 1 aromatic rings. The van der Waals surface area contributed by atoms with Crippen molar-refractivity contribution in [3.63, 3.8) is 0 Å². The summed E-state index contributed by atoms with van der Waals surface area (Å²) in [4.78, 5) is 37.7. The van der Waals surface area contributed by atoms with Gasteiger partial charge >= 0.3 is 5.97 Å². The molecule has 1 heterocycles. The fourth-order valence-electron chi connectivity index (χ4n) is 3.45. The number of ether oxygens (including phenoxy) is 1. The molecule has 148 valence electrons. The Hall–Kier alpha value is -2.37. The van der Waals surface area contributed by atoms with Gasteiger partial charge in [0, 0.05) is 12.0 Å². The first-order chi connectivity index (χ1) is 12.5. The summed E-state index contributed by atoms with van der Waals surface area (Å²) in [6.07, 6.45) is 0.0755. The Bertz CT molecular complexity index is 709. The highest BCUT2D eigenvalue weighted by atomic mass is 16.6. The van der Waals surface area contributed by atoms with Gasteiger partial charge < -0.3 is 15.4 Å². The number of benzene rings is 1. The van der Waals surface area contributed by atoms with Gasteiger partial charge in [-0.1, -0.05) is 52.0 Å². The molecule has 0 aliphatic carbocycles. The van der Waals surface area contributed by atoms with E-state index in [2.05, 4.69) is 13.8 Å². The second-order valence-corrected chi connectivity index (χ2v) is 8.53. The van der Waals surface area contributed by atoms with Gasteiger partial charge in [-0.2, -0.15) is 0 Å². The maximum absolute atomic E-state index is 12.6. The fourth-order valence-corrected chi connectivity index (χ4v) is 3.45. The van der Waals surface area contributed by atoms with Crippen LogP contribution in [-0.4, -0.2) is 41.9 Å². The minimum absolute atomic E-state index is 0.164. The summed E-state index contributed by atoms with van der Waals surface area (Å²) < 4.78 is 5.58. The number of likely N-dealkylation sites (tertiary alicyclic amines) is 1. The van der Waals surface area contributed by atoms with E-state index in [1.54, 1.807) is 6.92 Å². The lowest BCUT2D eigenvalue weighted by Crippen LogP contribution is -2.39. The van der Waals surface area contributed by atoms with Crippen LogP contribution >= 0.6 is 0 Å². The van der Waals surface area contributed by atoms with Crippen LogP contribution in [-0.2, 0) is 25.5 Å². The topological polar surface area (TPSA) is 89.7 Å². The molecule has 2 amide bonds. The molecular weight excluding hydrogens is 344 g/mol. The van der Waals surface area contributed by atoms with Crippen LogP contribution in [0.5, 0.6) is 0 Å². The zero-order valence-corrected chi connectivity index (χ0v) is 16.8. The number of rotatable bonds is 7. The van der Waals surface area contributed by atoms with Gasteiger partial charge in [0.1, 0.15) is 0 Å². The van der Waals surface area contributed by atoms with Gasteiger partial charge in [0.05, 0.1) is 12.5 Å². The van der Waals surface area contributed by atoms with Crippen LogP contribution in [0.3, 0.4) is 0 Å². The maximum Gasteiger partial charge on any atom is 0.313 e. The van der Waals surface area contributed by atoms with Gasteiger partial charge in [0.25, 0.3) is 5.91 Å². The molecule has 1 aromatic carbocycles. The van der Waals surface area contributed by atoms with Crippen molar-refractivity contribution in [1.82, 2.24) is 4.90 Å². The Labute approximate surface area is 161 Å². The molecule has 0 unspecified atom stereocenters. The van der Waals surface area contributed by atoms with Crippen LogP contribution < -0.4 is 5.73 Å². The molecule has 2 N–H and O–H groups in total. The number of primary amides is 1. The third kappa shape index (κ3) is 5.08. The van der Waals surface area contributed by atoms with E-state index in [1.807, 2.05) is 38.1 Å². The first-order valence-electron chi connectivity index (χ1n) is 9.37. The van der Waals surface area contributed by atoms with E-state index >= 15 is 0 Å². The quantitative estimate of drug-likeness (QED) is 0.741. The van der Waals surface area contributed by atoms with Crippen LogP contribution in [0.2, 0.25) is 0 Å². The molecule has 0 spiro atoms. The monoisotopic (exact) mass is 374 g/mol. The van der Waals surface area contributed by atoms with E-state index in [-0.39, 0.29) is 12.5 Å². The van der Waals surface area contributed by atoms with Gasteiger partial charge in [-0.05, 0) is 30.4 Å². The van der Waals surface area contributed by atoms with Crippen molar-refractivity contribution in [3.8, 4) is 0 Å².